The molecule has 1 aliphatic heterocycles. The van der Waals surface area contributed by atoms with Crippen LogP contribution < -0.4 is 0 Å². The second-order valence-electron chi connectivity index (χ2n) is 3.92. The molecule has 0 aliphatic carbocycles. The van der Waals surface area contributed by atoms with Crippen molar-refractivity contribution in [3.63, 3.8) is 0 Å². The highest BCUT2D eigenvalue weighted by molar-refractivity contribution is 5.02. The van der Waals surface area contributed by atoms with E-state index in [1.807, 2.05) is 10.9 Å². The van der Waals surface area contributed by atoms with Gasteiger partial charge in [0.15, 0.2) is 0 Å². The second kappa shape index (κ2) is 5.28. The van der Waals surface area contributed by atoms with E-state index in [9.17, 15) is 0 Å². The molecule has 0 radical (unpaired) electrons. The lowest BCUT2D eigenvalue weighted by molar-refractivity contribution is 0.0359. The molecule has 2 heterocycles. The molecule has 0 saturated carbocycles. The van der Waals surface area contributed by atoms with Gasteiger partial charge < -0.3 is 4.74 Å². The van der Waals surface area contributed by atoms with Crippen LogP contribution in [0.4, 0.5) is 0 Å². The van der Waals surface area contributed by atoms with Crippen LogP contribution in [0.5, 0.6) is 0 Å². The smallest absolute Gasteiger partial charge is 0.0594 e. The first-order valence-electron chi connectivity index (χ1n) is 5.70. The monoisotopic (exact) mass is 209 g/mol. The zero-order chi connectivity index (χ0) is 10.5. The Balaban J connectivity index is 1.76. The van der Waals surface area contributed by atoms with Crippen molar-refractivity contribution < 1.29 is 4.74 Å². The number of nitrogens with zero attached hydrogens (tertiary/aromatic N) is 3. The number of rotatable bonds is 4. The van der Waals surface area contributed by atoms with E-state index in [1.165, 1.54) is 5.56 Å². The van der Waals surface area contributed by atoms with Gasteiger partial charge in [0, 0.05) is 25.8 Å². The number of ether oxygens (including phenoxy) is 1. The summed E-state index contributed by atoms with van der Waals surface area (Å²) < 4.78 is 7.35. The highest BCUT2D eigenvalue weighted by Gasteiger charge is 2.09. The van der Waals surface area contributed by atoms with Crippen LogP contribution in [0.25, 0.3) is 0 Å². The number of aryl methyl sites for hydroxylation is 1. The normalized spacial score (nSPS) is 18.2. The summed E-state index contributed by atoms with van der Waals surface area (Å²) in [4.78, 5) is 2.43. The quantitative estimate of drug-likeness (QED) is 0.734. The van der Waals surface area contributed by atoms with Crippen molar-refractivity contribution in [3.8, 4) is 0 Å². The zero-order valence-electron chi connectivity index (χ0n) is 9.35. The summed E-state index contributed by atoms with van der Waals surface area (Å²) >= 11 is 0. The van der Waals surface area contributed by atoms with Crippen molar-refractivity contribution in [2.24, 2.45) is 0 Å². The van der Waals surface area contributed by atoms with Crippen molar-refractivity contribution in [1.29, 1.82) is 0 Å². The van der Waals surface area contributed by atoms with E-state index >= 15 is 0 Å². The van der Waals surface area contributed by atoms with Crippen molar-refractivity contribution in [2.75, 3.05) is 32.8 Å². The standard InChI is InChI=1S/C11H19N3O/c1-2-11-9-12-14(10-11)4-3-13-5-7-15-8-6-13/h9-10H,2-8H2,1H3. The van der Waals surface area contributed by atoms with Gasteiger partial charge in [-0.25, -0.2) is 0 Å². The van der Waals surface area contributed by atoms with Gasteiger partial charge in [0.05, 0.1) is 26.0 Å². The minimum absolute atomic E-state index is 0.874. The van der Waals surface area contributed by atoms with Crippen LogP contribution in [0, 0.1) is 0 Å². The Labute approximate surface area is 90.8 Å². The highest BCUT2D eigenvalue weighted by atomic mass is 16.5. The number of hydrogen-bond acceptors (Lipinski definition) is 3. The number of aromatic nitrogens is 2. The van der Waals surface area contributed by atoms with Gasteiger partial charge in [-0.05, 0) is 12.0 Å². The van der Waals surface area contributed by atoms with E-state index in [0.717, 1.165) is 45.8 Å². The fourth-order valence-corrected chi connectivity index (χ4v) is 1.78. The molecule has 1 aromatic rings. The molecule has 0 N–H and O–H groups in total. The Hall–Kier alpha value is -0.870. The fourth-order valence-electron chi connectivity index (χ4n) is 1.78. The van der Waals surface area contributed by atoms with Crippen molar-refractivity contribution >= 4 is 0 Å². The molecule has 0 atom stereocenters. The average Bonchev–Trinajstić information content (AvgIpc) is 2.76. The van der Waals surface area contributed by atoms with Crippen LogP contribution >= 0.6 is 0 Å². The summed E-state index contributed by atoms with van der Waals surface area (Å²) in [6.45, 7) is 8.08. The first-order valence-corrected chi connectivity index (χ1v) is 5.70. The molecule has 4 nitrogen and oxygen atoms in total. The van der Waals surface area contributed by atoms with Crippen LogP contribution in [0.1, 0.15) is 12.5 Å². The summed E-state index contributed by atoms with van der Waals surface area (Å²) in [6.07, 6.45) is 5.16. The third-order valence-corrected chi connectivity index (χ3v) is 2.84. The molecule has 0 unspecified atom stereocenters. The molecular weight excluding hydrogens is 190 g/mol. The van der Waals surface area contributed by atoms with Gasteiger partial charge in [0.2, 0.25) is 0 Å². The Morgan fingerprint density at radius 2 is 2.13 bits per heavy atom. The van der Waals surface area contributed by atoms with E-state index in [0.29, 0.717) is 0 Å². The maximum atomic E-state index is 5.31. The van der Waals surface area contributed by atoms with E-state index in [4.69, 9.17) is 4.74 Å². The Kier molecular flexibility index (Phi) is 3.75. The lowest BCUT2D eigenvalue weighted by Gasteiger charge is -2.26. The molecule has 15 heavy (non-hydrogen) atoms. The Morgan fingerprint density at radius 3 is 2.80 bits per heavy atom. The van der Waals surface area contributed by atoms with Gasteiger partial charge in [-0.2, -0.15) is 5.10 Å². The minimum Gasteiger partial charge on any atom is -0.379 e. The van der Waals surface area contributed by atoms with Gasteiger partial charge in [-0.1, -0.05) is 6.92 Å². The topological polar surface area (TPSA) is 30.3 Å². The first-order chi connectivity index (χ1) is 7.38. The summed E-state index contributed by atoms with van der Waals surface area (Å²) in [5.41, 5.74) is 1.32. The predicted octanol–water partition coefficient (Wildman–Crippen LogP) is 0.778. The summed E-state index contributed by atoms with van der Waals surface area (Å²) in [5, 5.41) is 4.33. The van der Waals surface area contributed by atoms with Crippen molar-refractivity contribution in [1.82, 2.24) is 14.7 Å². The SMILES string of the molecule is CCc1cnn(CCN2CCOCC2)c1. The largest absolute Gasteiger partial charge is 0.379 e. The molecule has 1 aromatic heterocycles. The van der Waals surface area contributed by atoms with E-state index in [-0.39, 0.29) is 0 Å². The number of hydrogen-bond donors (Lipinski definition) is 0. The predicted molar refractivity (Wildman–Crippen MR) is 58.9 cm³/mol. The van der Waals surface area contributed by atoms with Gasteiger partial charge in [0.25, 0.3) is 0 Å². The van der Waals surface area contributed by atoms with E-state index < -0.39 is 0 Å². The lowest BCUT2D eigenvalue weighted by atomic mass is 10.3. The second-order valence-corrected chi connectivity index (χ2v) is 3.92. The summed E-state index contributed by atoms with van der Waals surface area (Å²) in [6, 6.07) is 0. The van der Waals surface area contributed by atoms with Crippen molar-refractivity contribution in [2.45, 2.75) is 19.9 Å². The van der Waals surface area contributed by atoms with E-state index in [2.05, 4.69) is 23.1 Å². The van der Waals surface area contributed by atoms with Gasteiger partial charge in [-0.3, -0.25) is 9.58 Å². The van der Waals surface area contributed by atoms with Crippen LogP contribution in [0.3, 0.4) is 0 Å². The Morgan fingerprint density at radius 1 is 1.33 bits per heavy atom. The van der Waals surface area contributed by atoms with E-state index in [1.54, 1.807) is 0 Å². The summed E-state index contributed by atoms with van der Waals surface area (Å²) in [5.74, 6) is 0. The maximum Gasteiger partial charge on any atom is 0.0594 e. The first kappa shape index (κ1) is 10.6. The molecule has 0 bridgehead atoms. The molecule has 1 saturated heterocycles. The van der Waals surface area contributed by atoms with Crippen molar-refractivity contribution in [3.05, 3.63) is 18.0 Å². The van der Waals surface area contributed by atoms with Gasteiger partial charge in [-0.15, -0.1) is 0 Å². The molecule has 84 valence electrons. The molecule has 1 aliphatic rings. The van der Waals surface area contributed by atoms with Crippen LogP contribution in [0.2, 0.25) is 0 Å². The molecule has 4 heteroatoms. The lowest BCUT2D eigenvalue weighted by Crippen LogP contribution is -2.38. The molecule has 1 fully saturated rings. The molecular formula is C11H19N3O. The summed E-state index contributed by atoms with van der Waals surface area (Å²) in [7, 11) is 0. The highest BCUT2D eigenvalue weighted by Crippen LogP contribution is 2.00. The molecule has 0 aromatic carbocycles. The van der Waals surface area contributed by atoms with Gasteiger partial charge in [0.1, 0.15) is 0 Å². The molecule has 0 amide bonds. The Bertz CT molecular complexity index is 292. The van der Waals surface area contributed by atoms with Gasteiger partial charge >= 0.3 is 0 Å². The third-order valence-electron chi connectivity index (χ3n) is 2.84. The molecule has 2 rings (SSSR count). The zero-order valence-corrected chi connectivity index (χ0v) is 9.35. The third kappa shape index (κ3) is 3.04. The van der Waals surface area contributed by atoms with Crippen LogP contribution in [-0.2, 0) is 17.7 Å². The maximum absolute atomic E-state index is 5.31. The van der Waals surface area contributed by atoms with Crippen LogP contribution in [0.15, 0.2) is 12.4 Å². The molecule has 0 spiro atoms. The minimum atomic E-state index is 0.874. The van der Waals surface area contributed by atoms with Crippen LogP contribution in [-0.4, -0.2) is 47.5 Å². The average molecular weight is 209 g/mol. The number of morpholine rings is 1. The fraction of sp³-hybridized carbons (Fsp3) is 0.727.